The summed E-state index contributed by atoms with van der Waals surface area (Å²) in [5.41, 5.74) is 0.146. The van der Waals surface area contributed by atoms with E-state index in [-0.39, 0.29) is 21.3 Å². The largest absolute Gasteiger partial charge is 0.353 e. The molecule has 0 radical (unpaired) electrons. The number of nitrogens with one attached hydrogen (secondary N) is 2. The molecule has 1 aliphatic heterocycles. The number of primary sulfonamides is 1. The maximum absolute atomic E-state index is 11.8. The maximum Gasteiger partial charge on any atom is 0.245 e. The molecule has 1 aliphatic rings. The normalized spacial score (nSPS) is 22.1. The third kappa shape index (κ3) is 2.19. The van der Waals surface area contributed by atoms with Crippen molar-refractivity contribution in [1.29, 1.82) is 0 Å². The Labute approximate surface area is 105 Å². The van der Waals surface area contributed by atoms with Crippen LogP contribution in [0.2, 0.25) is 0 Å². The molecule has 0 saturated carbocycles. The monoisotopic (exact) mass is 292 g/mol. The van der Waals surface area contributed by atoms with E-state index in [0.29, 0.717) is 0 Å². The van der Waals surface area contributed by atoms with Crippen LogP contribution in [0.15, 0.2) is 15.9 Å². The van der Waals surface area contributed by atoms with Crippen LogP contribution in [0.1, 0.15) is 12.6 Å². The Morgan fingerprint density at radius 2 is 2.06 bits per heavy atom. The fourth-order valence-corrected chi connectivity index (χ4v) is 3.79. The summed E-state index contributed by atoms with van der Waals surface area (Å²) in [5, 5.41) is 7.80. The first-order chi connectivity index (χ1) is 8.11. The molecule has 0 saturated heterocycles. The molecule has 1 aromatic heterocycles. The Morgan fingerprint density at radius 3 is 2.61 bits per heavy atom. The van der Waals surface area contributed by atoms with E-state index in [9.17, 15) is 16.8 Å². The van der Waals surface area contributed by atoms with Crippen LogP contribution in [-0.4, -0.2) is 28.0 Å². The van der Waals surface area contributed by atoms with Gasteiger partial charge in [0.25, 0.3) is 0 Å². The molecule has 0 amide bonds. The summed E-state index contributed by atoms with van der Waals surface area (Å²) in [6.45, 7) is 3.05. The third-order valence-electron chi connectivity index (χ3n) is 2.41. The summed E-state index contributed by atoms with van der Waals surface area (Å²) >= 11 is 0. The average Bonchev–Trinajstić information content (AvgIpc) is 2.12. The van der Waals surface area contributed by atoms with Gasteiger partial charge >= 0.3 is 0 Å². The lowest BCUT2D eigenvalue weighted by molar-refractivity contribution is 0.563. The van der Waals surface area contributed by atoms with Gasteiger partial charge in [0, 0.05) is 0 Å². The minimum Gasteiger partial charge on any atom is -0.353 e. The molecular weight excluding hydrogens is 280 g/mol. The van der Waals surface area contributed by atoms with Crippen LogP contribution in [0.3, 0.4) is 0 Å². The zero-order valence-corrected chi connectivity index (χ0v) is 11.3. The highest BCUT2D eigenvalue weighted by atomic mass is 32.2. The van der Waals surface area contributed by atoms with Gasteiger partial charge in [0.2, 0.25) is 20.0 Å². The molecule has 2 rings (SSSR count). The maximum atomic E-state index is 11.8. The zero-order chi connectivity index (χ0) is 13.7. The van der Waals surface area contributed by atoms with E-state index in [4.69, 9.17) is 5.14 Å². The van der Waals surface area contributed by atoms with Crippen LogP contribution < -0.4 is 15.2 Å². The quantitative estimate of drug-likeness (QED) is 0.614. The zero-order valence-electron chi connectivity index (χ0n) is 9.63. The molecule has 0 spiro atoms. The number of rotatable bonds is 1. The van der Waals surface area contributed by atoms with Crippen molar-refractivity contribution in [2.24, 2.45) is 5.14 Å². The van der Waals surface area contributed by atoms with Crippen molar-refractivity contribution in [1.82, 2.24) is 9.71 Å². The predicted molar refractivity (Wildman–Crippen MR) is 63.8 cm³/mol. The van der Waals surface area contributed by atoms with Crippen molar-refractivity contribution in [3.05, 3.63) is 11.8 Å². The van der Waals surface area contributed by atoms with Crippen LogP contribution >= 0.6 is 0 Å². The lowest BCUT2D eigenvalue weighted by atomic mass is 10.3. The Morgan fingerprint density at radius 1 is 1.44 bits per heavy atom. The molecule has 4 N–H and O–H groups in total. The molecular formula is C8H12N4O4S2. The van der Waals surface area contributed by atoms with Gasteiger partial charge in [0.1, 0.15) is 15.6 Å². The van der Waals surface area contributed by atoms with Gasteiger partial charge < -0.3 is 5.32 Å². The van der Waals surface area contributed by atoms with Gasteiger partial charge in [-0.05, 0) is 19.9 Å². The second-order valence-corrected chi connectivity index (χ2v) is 7.16. The topological polar surface area (TPSA) is 131 Å². The summed E-state index contributed by atoms with van der Waals surface area (Å²) in [6.07, 6.45) is -0.519. The molecule has 1 atom stereocenters. The molecule has 2 heterocycles. The van der Waals surface area contributed by atoms with E-state index in [1.807, 2.05) is 0 Å². The standard InChI is InChI=1S/C8H12N4O4S2/c1-4-6(17(9,13)14)3-7-8(10-4)11-5(2)12-18(7,15)16/h3,5,12H,1-2H3,(H,10,11)(H2,9,13,14). The second-order valence-electron chi connectivity index (χ2n) is 3.95. The summed E-state index contributed by atoms with van der Waals surface area (Å²) in [5.74, 6) is 0.117. The van der Waals surface area contributed by atoms with E-state index in [1.54, 1.807) is 6.92 Å². The lowest BCUT2D eigenvalue weighted by Gasteiger charge is -2.25. The molecule has 0 aromatic carbocycles. The number of fused-ring (bicyclic) bond motifs is 1. The summed E-state index contributed by atoms with van der Waals surface area (Å²) < 4.78 is 48.6. The highest BCUT2D eigenvalue weighted by Crippen LogP contribution is 2.27. The Bertz CT molecular complexity index is 711. The van der Waals surface area contributed by atoms with Gasteiger partial charge in [0.15, 0.2) is 0 Å². The van der Waals surface area contributed by atoms with E-state index in [2.05, 4.69) is 15.0 Å². The van der Waals surface area contributed by atoms with Gasteiger partial charge in [0.05, 0.1) is 11.9 Å². The minimum atomic E-state index is -4.01. The van der Waals surface area contributed by atoms with Crippen molar-refractivity contribution in [2.45, 2.75) is 29.8 Å². The SMILES string of the molecule is Cc1nc2c(cc1S(N)(=O)=O)S(=O)(=O)NC(C)N2. The Hall–Kier alpha value is -1.23. The predicted octanol–water partition coefficient (Wildman–Crippen LogP) is -0.913. The van der Waals surface area contributed by atoms with E-state index >= 15 is 0 Å². The van der Waals surface area contributed by atoms with E-state index < -0.39 is 26.2 Å². The van der Waals surface area contributed by atoms with Crippen LogP contribution in [0.25, 0.3) is 0 Å². The van der Waals surface area contributed by atoms with Crippen molar-refractivity contribution >= 4 is 25.9 Å². The summed E-state index contributed by atoms with van der Waals surface area (Å²) in [7, 11) is -7.80. The molecule has 0 bridgehead atoms. The highest BCUT2D eigenvalue weighted by Gasteiger charge is 2.30. The number of nitrogens with zero attached hydrogens (tertiary/aromatic N) is 1. The molecule has 8 nitrogen and oxygen atoms in total. The van der Waals surface area contributed by atoms with Gasteiger partial charge in [-0.2, -0.15) is 4.72 Å². The number of aromatic nitrogens is 1. The average molecular weight is 292 g/mol. The first kappa shape index (κ1) is 13.2. The summed E-state index contributed by atoms with van der Waals surface area (Å²) in [4.78, 5) is 3.41. The minimum absolute atomic E-state index is 0.117. The van der Waals surface area contributed by atoms with Gasteiger partial charge in [-0.25, -0.2) is 27.0 Å². The number of pyridine rings is 1. The lowest BCUT2D eigenvalue weighted by Crippen LogP contribution is -2.43. The second kappa shape index (κ2) is 3.88. The fraction of sp³-hybridized carbons (Fsp3) is 0.375. The van der Waals surface area contributed by atoms with Crippen molar-refractivity contribution in [3.63, 3.8) is 0 Å². The fourth-order valence-electron chi connectivity index (χ4n) is 1.70. The smallest absolute Gasteiger partial charge is 0.245 e. The number of hydrogen-bond donors (Lipinski definition) is 3. The highest BCUT2D eigenvalue weighted by molar-refractivity contribution is 7.90. The first-order valence-corrected chi connectivity index (χ1v) is 7.97. The van der Waals surface area contributed by atoms with Crippen LogP contribution in [-0.2, 0) is 20.0 Å². The Balaban J connectivity index is 2.77. The first-order valence-electron chi connectivity index (χ1n) is 4.94. The van der Waals surface area contributed by atoms with Gasteiger partial charge in [-0.3, -0.25) is 0 Å². The molecule has 0 aliphatic carbocycles. The molecule has 10 heteroatoms. The molecule has 1 aromatic rings. The summed E-state index contributed by atoms with van der Waals surface area (Å²) in [6, 6.07) is 1.01. The molecule has 18 heavy (non-hydrogen) atoms. The molecule has 100 valence electrons. The van der Waals surface area contributed by atoms with Crippen LogP contribution in [0, 0.1) is 6.92 Å². The molecule has 1 unspecified atom stereocenters. The third-order valence-corrected chi connectivity index (χ3v) is 4.99. The number of nitrogens with two attached hydrogens (primary N) is 1. The number of aryl methyl sites for hydroxylation is 1. The van der Waals surface area contributed by atoms with E-state index in [1.165, 1.54) is 6.92 Å². The van der Waals surface area contributed by atoms with Crippen LogP contribution in [0.5, 0.6) is 0 Å². The Kier molecular flexibility index (Phi) is 2.85. The van der Waals surface area contributed by atoms with Crippen molar-refractivity contribution < 1.29 is 16.8 Å². The molecule has 0 fully saturated rings. The van der Waals surface area contributed by atoms with Crippen molar-refractivity contribution in [2.75, 3.05) is 5.32 Å². The number of anilines is 1. The van der Waals surface area contributed by atoms with Gasteiger partial charge in [-0.15, -0.1) is 0 Å². The number of hydrogen-bond acceptors (Lipinski definition) is 6. The number of sulfonamides is 2. The van der Waals surface area contributed by atoms with Crippen LogP contribution in [0.4, 0.5) is 5.82 Å². The van der Waals surface area contributed by atoms with Crippen molar-refractivity contribution in [3.8, 4) is 0 Å². The van der Waals surface area contributed by atoms with Gasteiger partial charge in [-0.1, -0.05) is 0 Å². The van der Waals surface area contributed by atoms with E-state index in [0.717, 1.165) is 6.07 Å².